The minimum Gasteiger partial charge on any atom is -0.376 e. The molecule has 0 bridgehead atoms. The van der Waals surface area contributed by atoms with E-state index < -0.39 is 0 Å². The molecular weight excluding hydrogens is 409 g/mol. The third kappa shape index (κ3) is 5.73. The molecule has 0 fully saturated rings. The highest BCUT2D eigenvalue weighted by atomic mass is 35.5. The topological polar surface area (TPSA) is 61.4 Å². The minimum atomic E-state index is -0.243. The molecule has 0 saturated carbocycles. The fourth-order valence-corrected chi connectivity index (χ4v) is 3.23. The van der Waals surface area contributed by atoms with Gasteiger partial charge in [0.15, 0.2) is 0 Å². The Morgan fingerprint density at radius 1 is 0.862 bits per heavy atom. The van der Waals surface area contributed by atoms with Gasteiger partial charge in [0.2, 0.25) is 5.91 Å². The van der Waals surface area contributed by atoms with Crippen LogP contribution >= 0.6 is 23.2 Å². The molecule has 0 atom stereocenters. The second-order valence-electron chi connectivity index (χ2n) is 6.34. The molecule has 2 N–H and O–H groups in total. The number of carbonyl (C=O) groups is 2. The van der Waals surface area contributed by atoms with E-state index in [1.165, 1.54) is 0 Å². The molecule has 0 aliphatic heterocycles. The monoisotopic (exact) mass is 427 g/mol. The van der Waals surface area contributed by atoms with Crippen molar-refractivity contribution in [2.24, 2.45) is 0 Å². The predicted octanol–water partition coefficient (Wildman–Crippen LogP) is 5.32. The number of halogens is 2. The maximum absolute atomic E-state index is 12.6. The number of nitrogens with zero attached hydrogens (tertiary/aromatic N) is 1. The van der Waals surface area contributed by atoms with E-state index in [0.717, 1.165) is 11.4 Å². The van der Waals surface area contributed by atoms with Crippen LogP contribution in [0, 0.1) is 0 Å². The summed E-state index contributed by atoms with van der Waals surface area (Å²) in [5.74, 6) is -0.356. The first-order valence-corrected chi connectivity index (χ1v) is 9.61. The highest BCUT2D eigenvalue weighted by molar-refractivity contribution is 6.35. The zero-order valence-corrected chi connectivity index (χ0v) is 17.2. The molecule has 148 valence electrons. The number of rotatable bonds is 6. The fourth-order valence-electron chi connectivity index (χ4n) is 2.71. The Labute approximate surface area is 179 Å². The first kappa shape index (κ1) is 20.7. The van der Waals surface area contributed by atoms with Crippen LogP contribution in [0.15, 0.2) is 72.8 Å². The summed E-state index contributed by atoms with van der Waals surface area (Å²) >= 11 is 11.9. The van der Waals surface area contributed by atoms with Crippen molar-refractivity contribution in [1.82, 2.24) is 0 Å². The van der Waals surface area contributed by atoms with Crippen LogP contribution in [0.5, 0.6) is 0 Å². The number of hydrogen-bond donors (Lipinski definition) is 2. The molecule has 0 aromatic heterocycles. The average Bonchev–Trinajstić information content (AvgIpc) is 2.71. The largest absolute Gasteiger partial charge is 0.376 e. The maximum Gasteiger partial charge on any atom is 0.258 e. The van der Waals surface area contributed by atoms with E-state index >= 15 is 0 Å². The molecule has 3 rings (SSSR count). The van der Waals surface area contributed by atoms with Gasteiger partial charge in [0.05, 0.1) is 6.54 Å². The standard InChI is InChI=1S/C22H19Cl2N3O2/c1-27(20-5-3-2-4-6-20)22(29)15-7-9-18(10-8-15)25-14-21(28)26-19-12-16(23)11-17(24)13-19/h2-13,25H,14H2,1H3,(H,26,28). The molecule has 0 aliphatic carbocycles. The summed E-state index contributed by atoms with van der Waals surface area (Å²) in [6, 6.07) is 21.2. The van der Waals surface area contributed by atoms with Gasteiger partial charge in [-0.2, -0.15) is 0 Å². The summed E-state index contributed by atoms with van der Waals surface area (Å²) in [6.07, 6.45) is 0. The van der Waals surface area contributed by atoms with Crippen molar-refractivity contribution in [2.45, 2.75) is 0 Å². The molecule has 0 unspecified atom stereocenters. The van der Waals surface area contributed by atoms with Gasteiger partial charge in [0.1, 0.15) is 0 Å². The van der Waals surface area contributed by atoms with Crippen LogP contribution in [-0.2, 0) is 4.79 Å². The van der Waals surface area contributed by atoms with E-state index in [2.05, 4.69) is 10.6 Å². The third-order valence-corrected chi connectivity index (χ3v) is 4.62. The van der Waals surface area contributed by atoms with Crippen LogP contribution in [-0.4, -0.2) is 25.4 Å². The molecule has 0 aliphatic rings. The molecular formula is C22H19Cl2N3O2. The highest BCUT2D eigenvalue weighted by Gasteiger charge is 2.13. The van der Waals surface area contributed by atoms with Crippen molar-refractivity contribution in [2.75, 3.05) is 29.1 Å². The van der Waals surface area contributed by atoms with E-state index in [1.54, 1.807) is 54.4 Å². The summed E-state index contributed by atoms with van der Waals surface area (Å²) in [7, 11) is 1.73. The minimum absolute atomic E-state index is 0.0569. The van der Waals surface area contributed by atoms with Crippen molar-refractivity contribution < 1.29 is 9.59 Å². The quantitative estimate of drug-likeness (QED) is 0.559. The van der Waals surface area contributed by atoms with Gasteiger partial charge in [-0.3, -0.25) is 9.59 Å². The second kappa shape index (κ2) is 9.45. The van der Waals surface area contributed by atoms with E-state index in [4.69, 9.17) is 23.2 Å². The van der Waals surface area contributed by atoms with Gasteiger partial charge in [-0.15, -0.1) is 0 Å². The Bertz CT molecular complexity index is 988. The van der Waals surface area contributed by atoms with Gasteiger partial charge >= 0.3 is 0 Å². The lowest BCUT2D eigenvalue weighted by molar-refractivity contribution is -0.114. The third-order valence-electron chi connectivity index (χ3n) is 4.18. The number of carbonyl (C=O) groups excluding carboxylic acids is 2. The first-order chi connectivity index (χ1) is 13.9. The number of hydrogen-bond acceptors (Lipinski definition) is 3. The van der Waals surface area contributed by atoms with Crippen LogP contribution in [0.1, 0.15) is 10.4 Å². The number of benzene rings is 3. The van der Waals surface area contributed by atoms with Crippen LogP contribution < -0.4 is 15.5 Å². The zero-order chi connectivity index (χ0) is 20.8. The molecule has 0 spiro atoms. The van der Waals surface area contributed by atoms with Crippen molar-refractivity contribution >= 4 is 52.1 Å². The lowest BCUT2D eigenvalue weighted by atomic mass is 10.1. The molecule has 29 heavy (non-hydrogen) atoms. The Morgan fingerprint density at radius 3 is 2.10 bits per heavy atom. The number of amides is 2. The number of nitrogens with one attached hydrogen (secondary N) is 2. The highest BCUT2D eigenvalue weighted by Crippen LogP contribution is 2.22. The molecule has 3 aromatic rings. The lowest BCUT2D eigenvalue weighted by Crippen LogP contribution is -2.26. The van der Waals surface area contributed by atoms with Gasteiger partial charge in [0, 0.05) is 39.7 Å². The Kier molecular flexibility index (Phi) is 6.75. The molecule has 0 heterocycles. The predicted molar refractivity (Wildman–Crippen MR) is 119 cm³/mol. The van der Waals surface area contributed by atoms with Gasteiger partial charge in [-0.05, 0) is 54.6 Å². The lowest BCUT2D eigenvalue weighted by Gasteiger charge is -2.17. The number of anilines is 3. The smallest absolute Gasteiger partial charge is 0.258 e. The van der Waals surface area contributed by atoms with E-state index in [0.29, 0.717) is 21.3 Å². The Morgan fingerprint density at radius 2 is 1.48 bits per heavy atom. The fraction of sp³-hybridized carbons (Fsp3) is 0.0909. The normalized spacial score (nSPS) is 10.3. The zero-order valence-electron chi connectivity index (χ0n) is 15.7. The first-order valence-electron chi connectivity index (χ1n) is 8.85. The SMILES string of the molecule is CN(C(=O)c1ccc(NCC(=O)Nc2cc(Cl)cc(Cl)c2)cc1)c1ccccc1. The summed E-state index contributed by atoms with van der Waals surface area (Å²) in [5.41, 5.74) is 2.62. The van der Waals surface area contributed by atoms with Crippen LogP contribution in [0.25, 0.3) is 0 Å². The Hall–Kier alpha value is -3.02. The molecule has 3 aromatic carbocycles. The molecule has 7 heteroatoms. The van der Waals surface area contributed by atoms with Gasteiger partial charge < -0.3 is 15.5 Å². The summed E-state index contributed by atoms with van der Waals surface area (Å²) in [6.45, 7) is 0.0569. The molecule has 2 amide bonds. The molecule has 5 nitrogen and oxygen atoms in total. The summed E-state index contributed by atoms with van der Waals surface area (Å²) in [5, 5.41) is 6.64. The maximum atomic E-state index is 12.6. The second-order valence-corrected chi connectivity index (χ2v) is 7.21. The summed E-state index contributed by atoms with van der Waals surface area (Å²) < 4.78 is 0. The van der Waals surface area contributed by atoms with E-state index in [-0.39, 0.29) is 18.4 Å². The van der Waals surface area contributed by atoms with Crippen molar-refractivity contribution in [3.63, 3.8) is 0 Å². The van der Waals surface area contributed by atoms with E-state index in [1.807, 2.05) is 30.3 Å². The van der Waals surface area contributed by atoms with E-state index in [9.17, 15) is 9.59 Å². The molecule has 0 saturated heterocycles. The van der Waals surface area contributed by atoms with Crippen LogP contribution in [0.3, 0.4) is 0 Å². The van der Waals surface area contributed by atoms with Gasteiger partial charge in [-0.25, -0.2) is 0 Å². The molecule has 0 radical (unpaired) electrons. The average molecular weight is 428 g/mol. The van der Waals surface area contributed by atoms with Crippen LogP contribution in [0.2, 0.25) is 10.0 Å². The van der Waals surface area contributed by atoms with Crippen molar-refractivity contribution in [1.29, 1.82) is 0 Å². The van der Waals surface area contributed by atoms with Crippen molar-refractivity contribution in [3.05, 3.63) is 88.4 Å². The van der Waals surface area contributed by atoms with Gasteiger partial charge in [0.25, 0.3) is 5.91 Å². The van der Waals surface area contributed by atoms with Gasteiger partial charge in [-0.1, -0.05) is 41.4 Å². The summed E-state index contributed by atoms with van der Waals surface area (Å²) in [4.78, 5) is 26.3. The van der Waals surface area contributed by atoms with Crippen molar-refractivity contribution in [3.8, 4) is 0 Å². The Balaban J connectivity index is 1.56. The van der Waals surface area contributed by atoms with Crippen LogP contribution in [0.4, 0.5) is 17.1 Å². The number of para-hydroxylation sites is 1.